The number of carbonyl (C=O) groups excluding carboxylic acids is 1. The topological polar surface area (TPSA) is 67.4 Å². The lowest BCUT2D eigenvalue weighted by Gasteiger charge is -2.25. The number of halogens is 1. The fourth-order valence-electron chi connectivity index (χ4n) is 4.55. The number of aryl methyl sites for hydroxylation is 2. The fourth-order valence-corrected chi connectivity index (χ4v) is 6.78. The van der Waals surface area contributed by atoms with Crippen molar-refractivity contribution in [2.75, 3.05) is 32.1 Å². The summed E-state index contributed by atoms with van der Waals surface area (Å²) in [6.45, 7) is 5.85. The molecule has 5 rings (SSSR count). The molecule has 1 amide bonds. The van der Waals surface area contributed by atoms with Gasteiger partial charge in [-0.25, -0.2) is 14.4 Å². The maximum absolute atomic E-state index is 13.2. The number of nitrogens with zero attached hydrogens (tertiary/aromatic N) is 3. The summed E-state index contributed by atoms with van der Waals surface area (Å²) < 4.78 is 18.7. The van der Waals surface area contributed by atoms with E-state index in [4.69, 9.17) is 14.7 Å². The minimum absolute atomic E-state index is 0.0626. The van der Waals surface area contributed by atoms with E-state index >= 15 is 0 Å². The van der Waals surface area contributed by atoms with Crippen LogP contribution < -0.4 is 5.32 Å². The molecule has 0 radical (unpaired) electrons. The van der Waals surface area contributed by atoms with E-state index in [1.165, 1.54) is 47.2 Å². The van der Waals surface area contributed by atoms with Gasteiger partial charge in [0.1, 0.15) is 21.5 Å². The van der Waals surface area contributed by atoms with Crippen molar-refractivity contribution >= 4 is 39.2 Å². The van der Waals surface area contributed by atoms with Crippen molar-refractivity contribution in [1.29, 1.82) is 0 Å². The summed E-state index contributed by atoms with van der Waals surface area (Å²) in [5.74, 6) is 0.750. The van der Waals surface area contributed by atoms with Crippen molar-refractivity contribution in [2.24, 2.45) is 0 Å². The molecule has 2 aliphatic rings. The third-order valence-corrected chi connectivity index (χ3v) is 8.55. The molecule has 0 spiro atoms. The number of ether oxygens (including phenoxy) is 1. The third kappa shape index (κ3) is 5.43. The van der Waals surface area contributed by atoms with Gasteiger partial charge in [0.25, 0.3) is 0 Å². The Hall–Kier alpha value is -2.07. The molecule has 2 aromatic heterocycles. The van der Waals surface area contributed by atoms with Crippen molar-refractivity contribution in [3.8, 4) is 0 Å². The molecule has 0 unspecified atom stereocenters. The van der Waals surface area contributed by atoms with E-state index in [1.807, 2.05) is 6.92 Å². The molecule has 1 aromatic carbocycles. The summed E-state index contributed by atoms with van der Waals surface area (Å²) in [4.78, 5) is 27.4. The van der Waals surface area contributed by atoms with E-state index in [-0.39, 0.29) is 23.5 Å². The fraction of sp³-hybridized carbons (Fsp3) is 0.480. The van der Waals surface area contributed by atoms with Crippen LogP contribution in [0.2, 0.25) is 0 Å². The summed E-state index contributed by atoms with van der Waals surface area (Å²) in [6, 6.07) is 6.05. The zero-order valence-corrected chi connectivity index (χ0v) is 20.9. The summed E-state index contributed by atoms with van der Waals surface area (Å²) >= 11 is 3.29. The third-order valence-electron chi connectivity index (χ3n) is 6.38. The lowest BCUT2D eigenvalue weighted by molar-refractivity contribution is -0.119. The minimum Gasteiger partial charge on any atom is -0.379 e. The first-order valence-corrected chi connectivity index (χ1v) is 13.7. The van der Waals surface area contributed by atoms with Gasteiger partial charge < -0.3 is 10.1 Å². The molecule has 6 nitrogen and oxygen atoms in total. The van der Waals surface area contributed by atoms with E-state index in [0.29, 0.717) is 6.54 Å². The van der Waals surface area contributed by atoms with Crippen molar-refractivity contribution in [2.45, 2.75) is 50.2 Å². The van der Waals surface area contributed by atoms with Gasteiger partial charge in [-0.2, -0.15) is 0 Å². The molecule has 3 aromatic rings. The van der Waals surface area contributed by atoms with E-state index < -0.39 is 0 Å². The number of rotatable bonds is 7. The first-order chi connectivity index (χ1) is 16.6. The number of hydrogen-bond donors (Lipinski definition) is 1. The highest BCUT2D eigenvalue weighted by Gasteiger charge is 2.23. The number of thioether (sulfide) groups is 1. The zero-order valence-electron chi connectivity index (χ0n) is 19.3. The summed E-state index contributed by atoms with van der Waals surface area (Å²) in [6.07, 6.45) is 4.58. The number of benzene rings is 1. The summed E-state index contributed by atoms with van der Waals surface area (Å²) in [5, 5.41) is 5.09. The van der Waals surface area contributed by atoms with Crippen molar-refractivity contribution in [3.05, 3.63) is 51.9 Å². The molecule has 1 fully saturated rings. The van der Waals surface area contributed by atoms with Crippen LogP contribution in [0.25, 0.3) is 10.2 Å². The van der Waals surface area contributed by atoms with Crippen LogP contribution in [-0.2, 0) is 28.9 Å². The van der Waals surface area contributed by atoms with Crippen LogP contribution in [0.1, 0.15) is 47.6 Å². The Morgan fingerprint density at radius 2 is 1.97 bits per heavy atom. The second kappa shape index (κ2) is 10.7. The van der Waals surface area contributed by atoms with Crippen LogP contribution >= 0.6 is 23.1 Å². The van der Waals surface area contributed by atoms with Crippen molar-refractivity contribution in [3.63, 3.8) is 0 Å². The van der Waals surface area contributed by atoms with Gasteiger partial charge in [-0.05, 0) is 55.9 Å². The summed E-state index contributed by atoms with van der Waals surface area (Å²) in [5.41, 5.74) is 2.26. The summed E-state index contributed by atoms with van der Waals surface area (Å²) in [7, 11) is 0. The number of thiophene rings is 1. The number of morpholine rings is 1. The minimum atomic E-state index is -0.280. The van der Waals surface area contributed by atoms with Crippen LogP contribution in [-0.4, -0.2) is 52.8 Å². The van der Waals surface area contributed by atoms with Crippen molar-refractivity contribution < 1.29 is 13.9 Å². The number of aromatic nitrogens is 2. The number of fused-ring (bicyclic) bond motifs is 3. The zero-order chi connectivity index (χ0) is 23.5. The van der Waals surface area contributed by atoms with Gasteiger partial charge in [-0.3, -0.25) is 9.69 Å². The normalized spacial score (nSPS) is 17.5. The molecular weight excluding hydrogens is 471 g/mol. The van der Waals surface area contributed by atoms with Crippen LogP contribution in [0.5, 0.6) is 0 Å². The van der Waals surface area contributed by atoms with Crippen LogP contribution in [0, 0.1) is 5.82 Å². The molecular formula is C25H29FN4O2S2. The molecule has 3 heterocycles. The molecule has 1 atom stereocenters. The Morgan fingerprint density at radius 1 is 1.21 bits per heavy atom. The Balaban J connectivity index is 1.34. The van der Waals surface area contributed by atoms with E-state index in [0.717, 1.165) is 65.8 Å². The number of nitrogens with one attached hydrogen (secondary N) is 1. The molecule has 1 N–H and O–H groups in total. The smallest absolute Gasteiger partial charge is 0.230 e. The molecule has 180 valence electrons. The molecule has 0 saturated carbocycles. The van der Waals surface area contributed by atoms with E-state index in [9.17, 15) is 9.18 Å². The monoisotopic (exact) mass is 500 g/mol. The quantitative estimate of drug-likeness (QED) is 0.380. The van der Waals surface area contributed by atoms with Crippen LogP contribution in [0.15, 0.2) is 29.3 Å². The predicted molar refractivity (Wildman–Crippen MR) is 134 cm³/mol. The highest BCUT2D eigenvalue weighted by atomic mass is 32.2. The molecule has 1 aliphatic carbocycles. The first kappa shape index (κ1) is 23.7. The largest absolute Gasteiger partial charge is 0.379 e. The first-order valence-electron chi connectivity index (χ1n) is 11.9. The second-order valence-electron chi connectivity index (χ2n) is 8.85. The average molecular weight is 501 g/mol. The lowest BCUT2D eigenvalue weighted by atomic mass is 9.97. The van der Waals surface area contributed by atoms with Gasteiger partial charge in [0, 0.05) is 23.4 Å². The van der Waals surface area contributed by atoms with Gasteiger partial charge in [0.15, 0.2) is 0 Å². The van der Waals surface area contributed by atoms with E-state index in [1.54, 1.807) is 23.5 Å². The Kier molecular flexibility index (Phi) is 7.43. The Labute approximate surface area is 207 Å². The molecule has 34 heavy (non-hydrogen) atoms. The van der Waals surface area contributed by atoms with Gasteiger partial charge in [0.05, 0.1) is 31.6 Å². The van der Waals surface area contributed by atoms with Crippen molar-refractivity contribution in [1.82, 2.24) is 20.2 Å². The van der Waals surface area contributed by atoms with Gasteiger partial charge in [-0.1, -0.05) is 23.9 Å². The Bertz CT molecular complexity index is 1160. The highest BCUT2D eigenvalue weighted by molar-refractivity contribution is 8.00. The average Bonchev–Trinajstić information content (AvgIpc) is 3.22. The standard InChI is InChI=1S/C25H29FN4O2S2/c1-16(17-6-8-18(26)9-7-17)27-22(31)15-33-24-23-19-4-2-3-5-20(19)34-25(23)29-21(28-24)14-30-10-12-32-13-11-30/h6-9,16H,2-5,10-15H2,1H3,(H,27,31)/t16-/m0/s1. The number of hydrogen-bond acceptors (Lipinski definition) is 7. The molecule has 1 saturated heterocycles. The Morgan fingerprint density at radius 3 is 2.76 bits per heavy atom. The second-order valence-corrected chi connectivity index (χ2v) is 10.9. The number of carbonyl (C=O) groups is 1. The molecule has 0 bridgehead atoms. The highest BCUT2D eigenvalue weighted by Crippen LogP contribution is 2.39. The SMILES string of the molecule is C[C@H](NC(=O)CSc1nc(CN2CCOCC2)nc2sc3c(c12)CCCC3)c1ccc(F)cc1. The van der Waals surface area contributed by atoms with Gasteiger partial charge >= 0.3 is 0 Å². The van der Waals surface area contributed by atoms with Crippen LogP contribution in [0.3, 0.4) is 0 Å². The molecule has 1 aliphatic heterocycles. The van der Waals surface area contributed by atoms with E-state index in [2.05, 4.69) is 10.2 Å². The lowest BCUT2D eigenvalue weighted by Crippen LogP contribution is -2.36. The van der Waals surface area contributed by atoms with Gasteiger partial charge in [0.2, 0.25) is 5.91 Å². The van der Waals surface area contributed by atoms with Crippen LogP contribution in [0.4, 0.5) is 4.39 Å². The maximum atomic E-state index is 13.2. The predicted octanol–water partition coefficient (Wildman–Crippen LogP) is 4.51. The number of amides is 1. The maximum Gasteiger partial charge on any atom is 0.230 e. The molecule has 9 heteroatoms. The van der Waals surface area contributed by atoms with Gasteiger partial charge in [-0.15, -0.1) is 11.3 Å².